The van der Waals surface area contributed by atoms with Crippen molar-refractivity contribution in [3.63, 3.8) is 0 Å². The SMILES string of the molecule is CCc1ccc(N(C)C(CN)C2CCCC(C)C2)cc1. The van der Waals surface area contributed by atoms with Crippen LogP contribution < -0.4 is 10.6 Å². The largest absolute Gasteiger partial charge is 0.370 e. The van der Waals surface area contributed by atoms with E-state index in [1.54, 1.807) is 0 Å². The third-order valence-corrected chi connectivity index (χ3v) is 5.01. The van der Waals surface area contributed by atoms with Gasteiger partial charge in [-0.25, -0.2) is 0 Å². The molecule has 2 nitrogen and oxygen atoms in total. The standard InChI is InChI=1S/C18H30N2/c1-4-15-8-10-17(11-9-15)20(3)18(13-19)16-7-5-6-14(2)12-16/h8-11,14,16,18H,4-7,12-13,19H2,1-3H3. The molecule has 0 bridgehead atoms. The molecule has 0 spiro atoms. The number of rotatable bonds is 5. The van der Waals surface area contributed by atoms with Crippen molar-refractivity contribution in [3.8, 4) is 0 Å². The van der Waals surface area contributed by atoms with E-state index in [1.807, 2.05) is 0 Å². The van der Waals surface area contributed by atoms with Crippen molar-refractivity contribution >= 4 is 5.69 Å². The first-order chi connectivity index (χ1) is 9.65. The normalized spacial score (nSPS) is 24.4. The van der Waals surface area contributed by atoms with Crippen molar-refractivity contribution in [1.29, 1.82) is 0 Å². The number of aryl methyl sites for hydroxylation is 1. The van der Waals surface area contributed by atoms with Crippen molar-refractivity contribution in [1.82, 2.24) is 0 Å². The summed E-state index contributed by atoms with van der Waals surface area (Å²) in [5, 5.41) is 0. The minimum Gasteiger partial charge on any atom is -0.370 e. The van der Waals surface area contributed by atoms with Crippen LogP contribution in [0.2, 0.25) is 0 Å². The third-order valence-electron chi connectivity index (χ3n) is 5.01. The lowest BCUT2D eigenvalue weighted by Gasteiger charge is -2.39. The zero-order chi connectivity index (χ0) is 14.5. The van der Waals surface area contributed by atoms with Crippen LogP contribution >= 0.6 is 0 Å². The van der Waals surface area contributed by atoms with Gasteiger partial charge < -0.3 is 10.6 Å². The van der Waals surface area contributed by atoms with Crippen molar-refractivity contribution in [3.05, 3.63) is 29.8 Å². The highest BCUT2D eigenvalue weighted by Crippen LogP contribution is 2.33. The molecular weight excluding hydrogens is 244 g/mol. The van der Waals surface area contributed by atoms with Gasteiger partial charge in [-0.05, 0) is 48.8 Å². The molecule has 2 heteroatoms. The molecule has 3 atom stereocenters. The second-order valence-corrected chi connectivity index (χ2v) is 6.47. The lowest BCUT2D eigenvalue weighted by Crippen LogP contribution is -2.45. The third kappa shape index (κ3) is 3.54. The van der Waals surface area contributed by atoms with Gasteiger partial charge in [0.2, 0.25) is 0 Å². The van der Waals surface area contributed by atoms with Crippen LogP contribution in [0.5, 0.6) is 0 Å². The molecule has 20 heavy (non-hydrogen) atoms. The molecule has 112 valence electrons. The molecule has 0 heterocycles. The van der Waals surface area contributed by atoms with E-state index in [9.17, 15) is 0 Å². The second-order valence-electron chi connectivity index (χ2n) is 6.47. The smallest absolute Gasteiger partial charge is 0.0437 e. The Morgan fingerprint density at radius 3 is 2.50 bits per heavy atom. The molecule has 1 saturated carbocycles. The Balaban J connectivity index is 2.08. The molecule has 2 N–H and O–H groups in total. The van der Waals surface area contributed by atoms with E-state index in [2.05, 4.69) is 50.1 Å². The first-order valence-electron chi connectivity index (χ1n) is 8.17. The van der Waals surface area contributed by atoms with Crippen molar-refractivity contribution in [2.75, 3.05) is 18.5 Å². The Morgan fingerprint density at radius 2 is 1.95 bits per heavy atom. The van der Waals surface area contributed by atoms with Gasteiger partial charge in [-0.1, -0.05) is 38.8 Å². The highest BCUT2D eigenvalue weighted by Gasteiger charge is 2.28. The quantitative estimate of drug-likeness (QED) is 0.884. The predicted octanol–water partition coefficient (Wildman–Crippen LogP) is 3.84. The molecule has 2 rings (SSSR count). The van der Waals surface area contributed by atoms with E-state index in [1.165, 1.54) is 36.9 Å². The van der Waals surface area contributed by atoms with Gasteiger partial charge in [0.15, 0.2) is 0 Å². The summed E-state index contributed by atoms with van der Waals surface area (Å²) in [7, 11) is 2.21. The Morgan fingerprint density at radius 1 is 1.25 bits per heavy atom. The summed E-state index contributed by atoms with van der Waals surface area (Å²) < 4.78 is 0. The first kappa shape index (κ1) is 15.4. The molecular formula is C18H30N2. The van der Waals surface area contributed by atoms with Crippen LogP contribution in [-0.2, 0) is 6.42 Å². The number of anilines is 1. The maximum Gasteiger partial charge on any atom is 0.0437 e. The summed E-state index contributed by atoms with van der Waals surface area (Å²) in [4.78, 5) is 2.40. The lowest BCUT2D eigenvalue weighted by atomic mass is 9.78. The van der Waals surface area contributed by atoms with Gasteiger partial charge in [-0.15, -0.1) is 0 Å². The summed E-state index contributed by atoms with van der Waals surface area (Å²) in [6.07, 6.45) is 6.53. The fourth-order valence-corrected chi connectivity index (χ4v) is 3.66. The van der Waals surface area contributed by atoms with Gasteiger partial charge >= 0.3 is 0 Å². The van der Waals surface area contributed by atoms with E-state index >= 15 is 0 Å². The van der Waals surface area contributed by atoms with Gasteiger partial charge in [0.25, 0.3) is 0 Å². The predicted molar refractivity (Wildman–Crippen MR) is 88.2 cm³/mol. The van der Waals surface area contributed by atoms with Crippen LogP contribution in [-0.4, -0.2) is 19.6 Å². The number of nitrogens with zero attached hydrogens (tertiary/aromatic N) is 1. The van der Waals surface area contributed by atoms with Crippen LogP contribution in [0.4, 0.5) is 5.69 Å². The zero-order valence-corrected chi connectivity index (χ0v) is 13.3. The Kier molecular flexibility index (Phi) is 5.47. The molecule has 1 aliphatic carbocycles. The van der Waals surface area contributed by atoms with E-state index in [-0.39, 0.29) is 0 Å². The Hall–Kier alpha value is -1.02. The van der Waals surface area contributed by atoms with Crippen LogP contribution in [0.1, 0.15) is 45.1 Å². The first-order valence-corrected chi connectivity index (χ1v) is 8.17. The molecule has 1 aliphatic rings. The van der Waals surface area contributed by atoms with Crippen molar-refractivity contribution in [2.45, 2.75) is 52.0 Å². The molecule has 0 aromatic heterocycles. The van der Waals surface area contributed by atoms with E-state index < -0.39 is 0 Å². The van der Waals surface area contributed by atoms with E-state index in [0.717, 1.165) is 24.8 Å². The molecule has 0 saturated heterocycles. The molecule has 1 aromatic carbocycles. The fourth-order valence-electron chi connectivity index (χ4n) is 3.66. The monoisotopic (exact) mass is 274 g/mol. The van der Waals surface area contributed by atoms with Crippen LogP contribution in [0, 0.1) is 11.8 Å². The minimum absolute atomic E-state index is 0.477. The number of likely N-dealkylation sites (N-methyl/N-ethyl adjacent to an activating group) is 1. The van der Waals surface area contributed by atoms with Gasteiger partial charge in [-0.3, -0.25) is 0 Å². The van der Waals surface area contributed by atoms with E-state index in [4.69, 9.17) is 5.73 Å². The van der Waals surface area contributed by atoms with Gasteiger partial charge in [0.1, 0.15) is 0 Å². The molecule has 0 radical (unpaired) electrons. The average molecular weight is 274 g/mol. The Labute approximate surface area is 124 Å². The maximum atomic E-state index is 6.10. The van der Waals surface area contributed by atoms with Crippen LogP contribution in [0.15, 0.2) is 24.3 Å². The fraction of sp³-hybridized carbons (Fsp3) is 0.667. The van der Waals surface area contributed by atoms with Crippen LogP contribution in [0.3, 0.4) is 0 Å². The lowest BCUT2D eigenvalue weighted by molar-refractivity contribution is 0.245. The van der Waals surface area contributed by atoms with E-state index in [0.29, 0.717) is 6.04 Å². The molecule has 1 fully saturated rings. The molecule has 3 unspecified atom stereocenters. The topological polar surface area (TPSA) is 29.3 Å². The average Bonchev–Trinajstić information content (AvgIpc) is 2.48. The highest BCUT2D eigenvalue weighted by atomic mass is 15.1. The molecule has 0 amide bonds. The Bertz CT molecular complexity index is 398. The zero-order valence-electron chi connectivity index (χ0n) is 13.3. The number of hydrogen-bond acceptors (Lipinski definition) is 2. The minimum atomic E-state index is 0.477. The van der Waals surface area contributed by atoms with Gasteiger partial charge in [0.05, 0.1) is 0 Å². The summed E-state index contributed by atoms with van der Waals surface area (Å²) in [6, 6.07) is 9.44. The van der Waals surface area contributed by atoms with Gasteiger partial charge in [-0.2, -0.15) is 0 Å². The number of benzene rings is 1. The molecule has 0 aliphatic heterocycles. The van der Waals surface area contributed by atoms with Gasteiger partial charge in [0, 0.05) is 25.3 Å². The van der Waals surface area contributed by atoms with Crippen molar-refractivity contribution in [2.24, 2.45) is 17.6 Å². The summed E-state index contributed by atoms with van der Waals surface area (Å²) in [6.45, 7) is 5.34. The summed E-state index contributed by atoms with van der Waals surface area (Å²) >= 11 is 0. The molecule has 1 aromatic rings. The number of hydrogen-bond donors (Lipinski definition) is 1. The van der Waals surface area contributed by atoms with Crippen molar-refractivity contribution < 1.29 is 0 Å². The summed E-state index contributed by atoms with van der Waals surface area (Å²) in [5.74, 6) is 1.61. The second kappa shape index (κ2) is 7.12. The number of nitrogens with two attached hydrogens (primary N) is 1. The van der Waals surface area contributed by atoms with Crippen LogP contribution in [0.25, 0.3) is 0 Å². The highest BCUT2D eigenvalue weighted by molar-refractivity contribution is 5.48. The maximum absolute atomic E-state index is 6.10. The summed E-state index contributed by atoms with van der Waals surface area (Å²) in [5.41, 5.74) is 8.80.